The summed E-state index contributed by atoms with van der Waals surface area (Å²) in [5.41, 5.74) is 3.10. The van der Waals surface area contributed by atoms with Crippen molar-refractivity contribution in [2.24, 2.45) is 0 Å². The Balaban J connectivity index is 2.36. The largest absolute Gasteiger partial charge is 0.313 e. The first-order valence-corrected chi connectivity index (χ1v) is 5.62. The van der Waals surface area contributed by atoms with Crippen molar-refractivity contribution < 1.29 is 0 Å². The van der Waals surface area contributed by atoms with E-state index in [1.165, 1.54) is 18.4 Å². The van der Waals surface area contributed by atoms with Crippen LogP contribution in [0.25, 0.3) is 0 Å². The van der Waals surface area contributed by atoms with Gasteiger partial charge in [-0.05, 0) is 36.8 Å². The molecule has 1 aromatic carbocycles. The second kappa shape index (κ2) is 4.14. The zero-order valence-corrected chi connectivity index (χ0v) is 9.09. The molecule has 0 fully saturated rings. The molecule has 1 aliphatic heterocycles. The summed E-state index contributed by atoms with van der Waals surface area (Å²) < 4.78 is 0. The third-order valence-electron chi connectivity index (χ3n) is 3.23. The van der Waals surface area contributed by atoms with E-state index in [9.17, 15) is 0 Å². The van der Waals surface area contributed by atoms with E-state index in [-0.39, 0.29) is 0 Å². The van der Waals surface area contributed by atoms with E-state index in [0.29, 0.717) is 12.0 Å². The quantitative estimate of drug-likeness (QED) is 0.716. The molecular formula is C13H19N. The van der Waals surface area contributed by atoms with Gasteiger partial charge < -0.3 is 5.32 Å². The highest BCUT2D eigenvalue weighted by Gasteiger charge is 2.19. The third-order valence-corrected chi connectivity index (χ3v) is 3.23. The van der Waals surface area contributed by atoms with Crippen LogP contribution in [0.2, 0.25) is 0 Å². The Labute approximate surface area is 86.5 Å². The van der Waals surface area contributed by atoms with Gasteiger partial charge in [-0.15, -0.1) is 0 Å². The van der Waals surface area contributed by atoms with E-state index < -0.39 is 0 Å². The van der Waals surface area contributed by atoms with E-state index in [1.807, 2.05) is 0 Å². The highest BCUT2D eigenvalue weighted by atomic mass is 14.9. The van der Waals surface area contributed by atoms with Gasteiger partial charge in [0, 0.05) is 12.6 Å². The maximum atomic E-state index is 3.59. The summed E-state index contributed by atoms with van der Waals surface area (Å²) in [6.45, 7) is 5.68. The maximum Gasteiger partial charge on any atom is 0.00794 e. The Morgan fingerprint density at radius 3 is 2.93 bits per heavy atom. The summed E-state index contributed by atoms with van der Waals surface area (Å²) in [6.07, 6.45) is 2.41. The molecule has 0 aromatic heterocycles. The van der Waals surface area contributed by atoms with Crippen molar-refractivity contribution in [3.05, 3.63) is 35.4 Å². The number of rotatable bonds is 1. The summed E-state index contributed by atoms with van der Waals surface area (Å²) in [6, 6.07) is 9.51. The molecular weight excluding hydrogens is 170 g/mol. The van der Waals surface area contributed by atoms with Gasteiger partial charge in [-0.3, -0.25) is 0 Å². The fraction of sp³-hybridized carbons (Fsp3) is 0.538. The molecule has 14 heavy (non-hydrogen) atoms. The molecule has 1 N–H and O–H groups in total. The summed E-state index contributed by atoms with van der Waals surface area (Å²) in [4.78, 5) is 0. The highest BCUT2D eigenvalue weighted by Crippen LogP contribution is 2.26. The molecule has 1 heterocycles. The molecule has 2 rings (SSSR count). The lowest BCUT2D eigenvalue weighted by molar-refractivity contribution is 0.521. The van der Waals surface area contributed by atoms with Gasteiger partial charge in [0.2, 0.25) is 0 Å². The predicted octanol–water partition coefficient (Wildman–Crippen LogP) is 2.71. The molecule has 76 valence electrons. The molecule has 2 atom stereocenters. The molecule has 0 saturated carbocycles. The van der Waals surface area contributed by atoms with Crippen LogP contribution in [0.15, 0.2) is 24.3 Å². The van der Waals surface area contributed by atoms with E-state index >= 15 is 0 Å². The summed E-state index contributed by atoms with van der Waals surface area (Å²) in [5.74, 6) is 0.705. The Bertz CT molecular complexity index is 306. The highest BCUT2D eigenvalue weighted by molar-refractivity contribution is 5.32. The number of hydrogen-bond donors (Lipinski definition) is 1. The predicted molar refractivity (Wildman–Crippen MR) is 60.6 cm³/mol. The minimum Gasteiger partial charge on any atom is -0.313 e. The minimum atomic E-state index is 0.618. The average molecular weight is 189 g/mol. The first kappa shape index (κ1) is 9.72. The van der Waals surface area contributed by atoms with Gasteiger partial charge >= 0.3 is 0 Å². The summed E-state index contributed by atoms with van der Waals surface area (Å²) >= 11 is 0. The Morgan fingerprint density at radius 1 is 1.36 bits per heavy atom. The van der Waals surface area contributed by atoms with Gasteiger partial charge in [0.05, 0.1) is 0 Å². The minimum absolute atomic E-state index is 0.618. The van der Waals surface area contributed by atoms with E-state index in [2.05, 4.69) is 43.4 Å². The van der Waals surface area contributed by atoms with Gasteiger partial charge in [-0.1, -0.05) is 31.2 Å². The van der Waals surface area contributed by atoms with Crippen LogP contribution in [0.4, 0.5) is 0 Å². The van der Waals surface area contributed by atoms with Crippen molar-refractivity contribution in [1.29, 1.82) is 0 Å². The molecule has 0 bridgehead atoms. The monoisotopic (exact) mass is 189 g/mol. The molecule has 1 aromatic rings. The SMILES string of the molecule is CC[C@@H]1CN[C@@H](C)Cc2ccccc21. The van der Waals surface area contributed by atoms with Crippen LogP contribution >= 0.6 is 0 Å². The smallest absolute Gasteiger partial charge is 0.00794 e. The molecule has 1 heteroatoms. The van der Waals surface area contributed by atoms with Crippen molar-refractivity contribution in [3.8, 4) is 0 Å². The van der Waals surface area contributed by atoms with Crippen LogP contribution in [0, 0.1) is 0 Å². The molecule has 0 amide bonds. The van der Waals surface area contributed by atoms with Gasteiger partial charge in [0.15, 0.2) is 0 Å². The van der Waals surface area contributed by atoms with Crippen LogP contribution in [0.3, 0.4) is 0 Å². The van der Waals surface area contributed by atoms with Crippen LogP contribution in [0.1, 0.15) is 37.3 Å². The standard InChI is InChI=1S/C13H19N/c1-3-11-9-14-10(2)8-12-6-4-5-7-13(11)12/h4-7,10-11,14H,3,8-9H2,1-2H3/t10-,11+/m0/s1. The molecule has 0 saturated heterocycles. The van der Waals surface area contributed by atoms with Gasteiger partial charge in [-0.2, -0.15) is 0 Å². The number of fused-ring (bicyclic) bond motifs is 1. The third kappa shape index (κ3) is 1.83. The van der Waals surface area contributed by atoms with Gasteiger partial charge in [0.25, 0.3) is 0 Å². The number of nitrogens with one attached hydrogen (secondary N) is 1. The molecule has 0 aliphatic carbocycles. The maximum absolute atomic E-state index is 3.59. The fourth-order valence-corrected chi connectivity index (χ4v) is 2.34. The fourth-order valence-electron chi connectivity index (χ4n) is 2.34. The molecule has 0 spiro atoms. The lowest BCUT2D eigenvalue weighted by Gasteiger charge is -2.14. The van der Waals surface area contributed by atoms with Crippen molar-refractivity contribution in [3.63, 3.8) is 0 Å². The molecule has 1 aliphatic rings. The lowest BCUT2D eigenvalue weighted by atomic mass is 9.92. The Kier molecular flexibility index (Phi) is 2.87. The molecule has 1 nitrogen and oxygen atoms in total. The normalized spacial score (nSPS) is 26.7. The van der Waals surface area contributed by atoms with Crippen LogP contribution in [-0.4, -0.2) is 12.6 Å². The number of benzene rings is 1. The topological polar surface area (TPSA) is 12.0 Å². The molecule has 0 radical (unpaired) electrons. The molecule has 0 unspecified atom stereocenters. The summed E-state index contributed by atoms with van der Waals surface area (Å²) in [7, 11) is 0. The summed E-state index contributed by atoms with van der Waals surface area (Å²) in [5, 5.41) is 3.59. The second-order valence-corrected chi connectivity index (χ2v) is 4.32. The van der Waals surface area contributed by atoms with Gasteiger partial charge in [-0.25, -0.2) is 0 Å². The van der Waals surface area contributed by atoms with Crippen molar-refractivity contribution in [2.45, 2.75) is 38.6 Å². The Morgan fingerprint density at radius 2 is 2.14 bits per heavy atom. The zero-order chi connectivity index (χ0) is 9.97. The lowest BCUT2D eigenvalue weighted by Crippen LogP contribution is -2.28. The van der Waals surface area contributed by atoms with Crippen LogP contribution in [-0.2, 0) is 6.42 Å². The van der Waals surface area contributed by atoms with Crippen molar-refractivity contribution >= 4 is 0 Å². The van der Waals surface area contributed by atoms with Crippen molar-refractivity contribution in [2.75, 3.05) is 6.54 Å². The zero-order valence-electron chi connectivity index (χ0n) is 9.09. The first-order chi connectivity index (χ1) is 6.81. The average Bonchev–Trinajstić information content (AvgIpc) is 2.36. The van der Waals surface area contributed by atoms with E-state index in [0.717, 1.165) is 6.54 Å². The second-order valence-electron chi connectivity index (χ2n) is 4.32. The Hall–Kier alpha value is -0.820. The first-order valence-electron chi connectivity index (χ1n) is 5.62. The van der Waals surface area contributed by atoms with Crippen LogP contribution < -0.4 is 5.32 Å². The van der Waals surface area contributed by atoms with Crippen molar-refractivity contribution in [1.82, 2.24) is 5.32 Å². The van der Waals surface area contributed by atoms with Crippen LogP contribution in [0.5, 0.6) is 0 Å². The van der Waals surface area contributed by atoms with E-state index in [4.69, 9.17) is 0 Å². The van der Waals surface area contributed by atoms with E-state index in [1.54, 1.807) is 5.56 Å². The number of hydrogen-bond acceptors (Lipinski definition) is 1. The van der Waals surface area contributed by atoms with Gasteiger partial charge in [0.1, 0.15) is 0 Å².